The lowest BCUT2D eigenvalue weighted by atomic mass is 9.83. The Balaban J connectivity index is 1.62. The first-order chi connectivity index (χ1) is 7.80. The molecule has 2 aliphatic rings. The lowest BCUT2D eigenvalue weighted by molar-refractivity contribution is 0.0491. The molecule has 2 fully saturated rings. The van der Waals surface area contributed by atoms with Crippen LogP contribution in [-0.2, 0) is 9.47 Å². The van der Waals surface area contributed by atoms with E-state index in [9.17, 15) is 0 Å². The van der Waals surface area contributed by atoms with Crippen molar-refractivity contribution in [3.8, 4) is 0 Å². The average Bonchev–Trinajstić information content (AvgIpc) is 2.99. The van der Waals surface area contributed by atoms with Gasteiger partial charge in [-0.2, -0.15) is 0 Å². The Morgan fingerprint density at radius 2 is 2.00 bits per heavy atom. The Morgan fingerprint density at radius 3 is 2.62 bits per heavy atom. The van der Waals surface area contributed by atoms with Gasteiger partial charge in [-0.1, -0.05) is 0 Å². The maximum atomic E-state index is 5.43. The summed E-state index contributed by atoms with van der Waals surface area (Å²) in [5, 5.41) is 3.49. The van der Waals surface area contributed by atoms with Crippen LogP contribution in [0.2, 0.25) is 0 Å². The first kappa shape index (κ1) is 12.3. The molecule has 2 aliphatic carbocycles. The van der Waals surface area contributed by atoms with E-state index >= 15 is 0 Å². The maximum Gasteiger partial charge on any atom is 0.0587 e. The van der Waals surface area contributed by atoms with Crippen LogP contribution < -0.4 is 5.32 Å². The normalized spacial score (nSPS) is 37.9. The van der Waals surface area contributed by atoms with Gasteiger partial charge >= 0.3 is 0 Å². The standard InChI is InChI=1S/C13H25NO2/c1-15-8-7-14-10-11-9-13(11)5-3-12(16-2)4-6-13/h11-12,14H,3-10H2,1-2H3. The predicted octanol–water partition coefficient (Wildman–Crippen LogP) is 1.82. The Labute approximate surface area is 98.9 Å². The maximum absolute atomic E-state index is 5.43. The summed E-state index contributed by atoms with van der Waals surface area (Å²) < 4.78 is 10.5. The molecule has 94 valence electrons. The molecule has 3 nitrogen and oxygen atoms in total. The van der Waals surface area contributed by atoms with Crippen LogP contribution in [-0.4, -0.2) is 40.0 Å². The van der Waals surface area contributed by atoms with Gasteiger partial charge in [-0.25, -0.2) is 0 Å². The molecule has 1 atom stereocenters. The van der Waals surface area contributed by atoms with Gasteiger partial charge in [-0.05, 0) is 50.0 Å². The van der Waals surface area contributed by atoms with Crippen molar-refractivity contribution in [1.29, 1.82) is 0 Å². The van der Waals surface area contributed by atoms with Gasteiger partial charge < -0.3 is 14.8 Å². The highest BCUT2D eigenvalue weighted by atomic mass is 16.5. The zero-order chi connectivity index (χ0) is 11.4. The Morgan fingerprint density at radius 1 is 1.25 bits per heavy atom. The second kappa shape index (κ2) is 5.48. The summed E-state index contributed by atoms with van der Waals surface area (Å²) in [5.41, 5.74) is 0.690. The molecule has 0 aromatic heterocycles. The summed E-state index contributed by atoms with van der Waals surface area (Å²) >= 11 is 0. The van der Waals surface area contributed by atoms with Crippen LogP contribution in [0.1, 0.15) is 32.1 Å². The van der Waals surface area contributed by atoms with Gasteiger partial charge in [0.15, 0.2) is 0 Å². The third-order valence-corrected chi connectivity index (χ3v) is 4.49. The Kier molecular flexibility index (Phi) is 4.22. The molecule has 1 N–H and O–H groups in total. The molecule has 3 heteroatoms. The molecule has 0 bridgehead atoms. The fraction of sp³-hybridized carbons (Fsp3) is 1.00. The minimum absolute atomic E-state index is 0.535. The smallest absolute Gasteiger partial charge is 0.0587 e. The minimum Gasteiger partial charge on any atom is -0.383 e. The molecular formula is C13H25NO2. The molecule has 2 saturated carbocycles. The van der Waals surface area contributed by atoms with E-state index in [1.807, 2.05) is 7.11 Å². The summed E-state index contributed by atoms with van der Waals surface area (Å²) in [7, 11) is 3.60. The number of hydrogen-bond acceptors (Lipinski definition) is 3. The van der Waals surface area contributed by atoms with Gasteiger partial charge in [0.25, 0.3) is 0 Å². The zero-order valence-electron chi connectivity index (χ0n) is 10.6. The van der Waals surface area contributed by atoms with Crippen LogP contribution in [0.25, 0.3) is 0 Å². The van der Waals surface area contributed by atoms with E-state index < -0.39 is 0 Å². The fourth-order valence-corrected chi connectivity index (χ4v) is 3.19. The van der Waals surface area contributed by atoms with Crippen molar-refractivity contribution < 1.29 is 9.47 Å². The molecule has 0 saturated heterocycles. The molecule has 0 aliphatic heterocycles. The molecule has 0 aromatic rings. The summed E-state index contributed by atoms with van der Waals surface area (Å²) in [6.45, 7) is 3.00. The van der Waals surface area contributed by atoms with Crippen molar-refractivity contribution in [2.45, 2.75) is 38.2 Å². The van der Waals surface area contributed by atoms with Crippen LogP contribution in [0.5, 0.6) is 0 Å². The van der Waals surface area contributed by atoms with E-state index in [1.54, 1.807) is 7.11 Å². The minimum atomic E-state index is 0.535. The lowest BCUT2D eigenvalue weighted by Gasteiger charge is -2.28. The van der Waals surface area contributed by atoms with E-state index in [-0.39, 0.29) is 0 Å². The molecule has 1 spiro atoms. The van der Waals surface area contributed by atoms with Crippen LogP contribution in [0.4, 0.5) is 0 Å². The Bertz CT molecular complexity index is 212. The first-order valence-corrected chi connectivity index (χ1v) is 6.53. The van der Waals surface area contributed by atoms with Crippen molar-refractivity contribution >= 4 is 0 Å². The average molecular weight is 227 g/mol. The summed E-state index contributed by atoms with van der Waals surface area (Å²) in [4.78, 5) is 0. The number of methoxy groups -OCH3 is 2. The van der Waals surface area contributed by atoms with Crippen LogP contribution in [0.15, 0.2) is 0 Å². The van der Waals surface area contributed by atoms with Crippen molar-refractivity contribution in [1.82, 2.24) is 5.32 Å². The van der Waals surface area contributed by atoms with Crippen LogP contribution >= 0.6 is 0 Å². The second-order valence-corrected chi connectivity index (χ2v) is 5.40. The zero-order valence-corrected chi connectivity index (χ0v) is 10.6. The van der Waals surface area contributed by atoms with E-state index in [2.05, 4.69) is 5.32 Å². The van der Waals surface area contributed by atoms with E-state index in [4.69, 9.17) is 9.47 Å². The third kappa shape index (κ3) is 2.76. The van der Waals surface area contributed by atoms with Crippen molar-refractivity contribution in [3.05, 3.63) is 0 Å². The molecule has 2 rings (SSSR count). The number of rotatable bonds is 6. The number of ether oxygens (including phenoxy) is 2. The SMILES string of the molecule is COCCNCC1CC12CCC(OC)CC2. The van der Waals surface area contributed by atoms with Crippen molar-refractivity contribution in [2.24, 2.45) is 11.3 Å². The van der Waals surface area contributed by atoms with Crippen LogP contribution in [0, 0.1) is 11.3 Å². The fourth-order valence-electron chi connectivity index (χ4n) is 3.19. The summed E-state index contributed by atoms with van der Waals surface area (Å²) in [5.74, 6) is 0.919. The van der Waals surface area contributed by atoms with Gasteiger partial charge in [0.2, 0.25) is 0 Å². The van der Waals surface area contributed by atoms with E-state index in [0.29, 0.717) is 11.5 Å². The van der Waals surface area contributed by atoms with Crippen molar-refractivity contribution in [2.75, 3.05) is 33.9 Å². The number of hydrogen-bond donors (Lipinski definition) is 1. The predicted molar refractivity (Wildman–Crippen MR) is 64.6 cm³/mol. The molecule has 1 unspecified atom stereocenters. The third-order valence-electron chi connectivity index (χ3n) is 4.49. The van der Waals surface area contributed by atoms with E-state index in [1.165, 1.54) is 38.6 Å². The quantitative estimate of drug-likeness (QED) is 0.702. The van der Waals surface area contributed by atoms with Gasteiger partial charge in [0.05, 0.1) is 12.7 Å². The second-order valence-electron chi connectivity index (χ2n) is 5.40. The molecular weight excluding hydrogens is 202 g/mol. The molecule has 16 heavy (non-hydrogen) atoms. The highest BCUT2D eigenvalue weighted by Gasteiger charge is 2.54. The Hall–Kier alpha value is -0.120. The summed E-state index contributed by atoms with van der Waals surface area (Å²) in [6.07, 6.45) is 7.26. The van der Waals surface area contributed by atoms with Crippen molar-refractivity contribution in [3.63, 3.8) is 0 Å². The topological polar surface area (TPSA) is 30.5 Å². The lowest BCUT2D eigenvalue weighted by Crippen LogP contribution is -2.27. The molecule has 0 aromatic carbocycles. The molecule has 0 radical (unpaired) electrons. The first-order valence-electron chi connectivity index (χ1n) is 6.53. The number of nitrogens with one attached hydrogen (secondary N) is 1. The highest BCUT2D eigenvalue weighted by molar-refractivity contribution is 5.05. The van der Waals surface area contributed by atoms with Gasteiger partial charge in [-0.15, -0.1) is 0 Å². The van der Waals surface area contributed by atoms with Gasteiger partial charge in [0, 0.05) is 20.8 Å². The summed E-state index contributed by atoms with van der Waals surface area (Å²) in [6, 6.07) is 0. The van der Waals surface area contributed by atoms with Gasteiger partial charge in [0.1, 0.15) is 0 Å². The highest BCUT2D eigenvalue weighted by Crippen LogP contribution is 2.61. The molecule has 0 amide bonds. The van der Waals surface area contributed by atoms with Crippen LogP contribution in [0.3, 0.4) is 0 Å². The van der Waals surface area contributed by atoms with Gasteiger partial charge in [-0.3, -0.25) is 0 Å². The van der Waals surface area contributed by atoms with E-state index in [0.717, 1.165) is 19.1 Å². The molecule has 0 heterocycles. The largest absolute Gasteiger partial charge is 0.383 e. The monoisotopic (exact) mass is 227 g/mol.